The van der Waals surface area contributed by atoms with Crippen molar-refractivity contribution in [1.29, 1.82) is 0 Å². The molecule has 1 aromatic rings. The first-order chi connectivity index (χ1) is 5.81. The van der Waals surface area contributed by atoms with Crippen molar-refractivity contribution in [2.75, 3.05) is 7.05 Å². The van der Waals surface area contributed by atoms with E-state index in [4.69, 9.17) is 0 Å². The Morgan fingerprint density at radius 3 is 2.50 bits per heavy atom. The van der Waals surface area contributed by atoms with Gasteiger partial charge in [0.05, 0.1) is 5.69 Å². The molecule has 0 spiro atoms. The summed E-state index contributed by atoms with van der Waals surface area (Å²) in [6, 6.07) is 0. The molecule has 0 aliphatic carbocycles. The molecular weight excluding hydrogens is 168 g/mol. The third-order valence-corrected chi connectivity index (χ3v) is 3.05. The summed E-state index contributed by atoms with van der Waals surface area (Å²) < 4.78 is 0. The quantitative estimate of drug-likeness (QED) is 0.774. The van der Waals surface area contributed by atoms with Gasteiger partial charge in [0.25, 0.3) is 0 Å². The van der Waals surface area contributed by atoms with Crippen LogP contribution in [0.4, 0.5) is 0 Å². The highest BCUT2D eigenvalue weighted by atomic mass is 32.1. The molecule has 0 amide bonds. The summed E-state index contributed by atoms with van der Waals surface area (Å²) >= 11 is 1.84. The molecule has 12 heavy (non-hydrogen) atoms. The van der Waals surface area contributed by atoms with Crippen molar-refractivity contribution in [1.82, 2.24) is 10.3 Å². The van der Waals surface area contributed by atoms with E-state index >= 15 is 0 Å². The fourth-order valence-corrected chi connectivity index (χ4v) is 2.33. The Hall–Kier alpha value is -0.410. The van der Waals surface area contributed by atoms with Gasteiger partial charge in [-0.25, -0.2) is 4.98 Å². The van der Waals surface area contributed by atoms with Crippen molar-refractivity contribution < 1.29 is 0 Å². The zero-order valence-corrected chi connectivity index (χ0v) is 8.79. The van der Waals surface area contributed by atoms with Gasteiger partial charge in [0.15, 0.2) is 0 Å². The standard InChI is InChI=1S/C9H16N2S/c1-4-7-8(5-2)12-9(11-7)6-10-3/h10H,4-6H2,1-3H3. The summed E-state index contributed by atoms with van der Waals surface area (Å²) in [7, 11) is 1.96. The molecule has 0 radical (unpaired) electrons. The SMILES string of the molecule is CCc1nc(CNC)sc1CC. The van der Waals surface area contributed by atoms with Crippen LogP contribution in [0.25, 0.3) is 0 Å². The second-order valence-electron chi connectivity index (χ2n) is 2.71. The molecule has 1 aromatic heterocycles. The summed E-state index contributed by atoms with van der Waals surface area (Å²) in [6.45, 7) is 5.25. The van der Waals surface area contributed by atoms with Crippen molar-refractivity contribution >= 4 is 11.3 Å². The molecule has 0 saturated carbocycles. The number of rotatable bonds is 4. The van der Waals surface area contributed by atoms with Gasteiger partial charge in [-0.2, -0.15) is 0 Å². The van der Waals surface area contributed by atoms with E-state index in [9.17, 15) is 0 Å². The molecule has 1 heterocycles. The van der Waals surface area contributed by atoms with Crippen molar-refractivity contribution in [2.24, 2.45) is 0 Å². The summed E-state index contributed by atoms with van der Waals surface area (Å²) in [6.07, 6.45) is 2.17. The van der Waals surface area contributed by atoms with Crippen molar-refractivity contribution in [2.45, 2.75) is 33.2 Å². The number of aryl methyl sites for hydroxylation is 2. The van der Waals surface area contributed by atoms with E-state index in [-0.39, 0.29) is 0 Å². The largest absolute Gasteiger partial charge is 0.314 e. The third kappa shape index (κ3) is 2.05. The molecule has 2 nitrogen and oxygen atoms in total. The maximum atomic E-state index is 4.55. The molecule has 0 unspecified atom stereocenters. The number of thiazole rings is 1. The number of nitrogens with one attached hydrogen (secondary N) is 1. The van der Waals surface area contributed by atoms with Crippen LogP contribution < -0.4 is 5.32 Å². The molecular formula is C9H16N2S. The fourth-order valence-electron chi connectivity index (χ4n) is 1.22. The van der Waals surface area contributed by atoms with Crippen LogP contribution in [0.15, 0.2) is 0 Å². The van der Waals surface area contributed by atoms with Crippen LogP contribution in [-0.4, -0.2) is 12.0 Å². The molecule has 3 heteroatoms. The second-order valence-corrected chi connectivity index (χ2v) is 3.88. The minimum absolute atomic E-state index is 0.900. The Kier molecular flexibility index (Phi) is 3.69. The van der Waals surface area contributed by atoms with Crippen molar-refractivity contribution in [3.63, 3.8) is 0 Å². The lowest BCUT2D eigenvalue weighted by Crippen LogP contribution is -2.04. The van der Waals surface area contributed by atoms with E-state index < -0.39 is 0 Å². The summed E-state index contributed by atoms with van der Waals surface area (Å²) in [5, 5.41) is 4.33. The lowest BCUT2D eigenvalue weighted by atomic mass is 10.2. The van der Waals surface area contributed by atoms with Gasteiger partial charge in [-0.3, -0.25) is 0 Å². The molecule has 68 valence electrons. The third-order valence-electron chi connectivity index (χ3n) is 1.81. The first-order valence-electron chi connectivity index (χ1n) is 4.43. The van der Waals surface area contributed by atoms with Crippen LogP contribution in [-0.2, 0) is 19.4 Å². The van der Waals surface area contributed by atoms with E-state index in [1.165, 1.54) is 15.6 Å². The van der Waals surface area contributed by atoms with Gasteiger partial charge in [-0.05, 0) is 19.9 Å². The monoisotopic (exact) mass is 184 g/mol. The van der Waals surface area contributed by atoms with Gasteiger partial charge < -0.3 is 5.32 Å². The average Bonchev–Trinajstić information content (AvgIpc) is 2.48. The minimum Gasteiger partial charge on any atom is -0.314 e. The van der Waals surface area contributed by atoms with Gasteiger partial charge in [0.2, 0.25) is 0 Å². The normalized spacial score (nSPS) is 10.6. The van der Waals surface area contributed by atoms with Crippen LogP contribution >= 0.6 is 11.3 Å². The molecule has 0 saturated heterocycles. The highest BCUT2D eigenvalue weighted by Gasteiger charge is 2.06. The van der Waals surface area contributed by atoms with E-state index in [0.717, 1.165) is 19.4 Å². The van der Waals surface area contributed by atoms with Gasteiger partial charge in [-0.15, -0.1) is 11.3 Å². The molecule has 0 aromatic carbocycles. The minimum atomic E-state index is 0.900. The van der Waals surface area contributed by atoms with Crippen LogP contribution in [0.3, 0.4) is 0 Å². The van der Waals surface area contributed by atoms with Gasteiger partial charge >= 0.3 is 0 Å². The zero-order chi connectivity index (χ0) is 8.97. The smallest absolute Gasteiger partial charge is 0.107 e. The lowest BCUT2D eigenvalue weighted by Gasteiger charge is -1.91. The molecule has 1 rings (SSSR count). The molecule has 0 atom stereocenters. The van der Waals surface area contributed by atoms with Crippen LogP contribution in [0.1, 0.15) is 29.4 Å². The van der Waals surface area contributed by atoms with Gasteiger partial charge in [0.1, 0.15) is 5.01 Å². The topological polar surface area (TPSA) is 24.9 Å². The number of hydrogen-bond donors (Lipinski definition) is 1. The predicted octanol–water partition coefficient (Wildman–Crippen LogP) is 1.99. The Balaban J connectivity index is 2.81. The Labute approximate surface area is 78.0 Å². The summed E-state index contributed by atoms with van der Waals surface area (Å²) in [4.78, 5) is 5.99. The summed E-state index contributed by atoms with van der Waals surface area (Å²) in [5.74, 6) is 0. The Morgan fingerprint density at radius 1 is 1.33 bits per heavy atom. The number of nitrogens with zero attached hydrogens (tertiary/aromatic N) is 1. The fraction of sp³-hybridized carbons (Fsp3) is 0.667. The van der Waals surface area contributed by atoms with E-state index in [2.05, 4.69) is 24.1 Å². The molecule has 0 aliphatic rings. The zero-order valence-electron chi connectivity index (χ0n) is 7.98. The molecule has 0 bridgehead atoms. The highest BCUT2D eigenvalue weighted by molar-refractivity contribution is 7.11. The van der Waals surface area contributed by atoms with E-state index in [1.807, 2.05) is 18.4 Å². The van der Waals surface area contributed by atoms with E-state index in [0.29, 0.717) is 0 Å². The van der Waals surface area contributed by atoms with Gasteiger partial charge in [-0.1, -0.05) is 13.8 Å². The van der Waals surface area contributed by atoms with E-state index in [1.54, 1.807) is 0 Å². The lowest BCUT2D eigenvalue weighted by molar-refractivity contribution is 0.803. The van der Waals surface area contributed by atoms with Crippen LogP contribution in [0.2, 0.25) is 0 Å². The van der Waals surface area contributed by atoms with Crippen molar-refractivity contribution in [3.05, 3.63) is 15.6 Å². The maximum Gasteiger partial charge on any atom is 0.107 e. The molecule has 1 N–H and O–H groups in total. The van der Waals surface area contributed by atoms with Crippen LogP contribution in [0.5, 0.6) is 0 Å². The molecule has 0 fully saturated rings. The van der Waals surface area contributed by atoms with Crippen LogP contribution in [0, 0.1) is 0 Å². The van der Waals surface area contributed by atoms with Crippen molar-refractivity contribution in [3.8, 4) is 0 Å². The predicted molar refractivity (Wildman–Crippen MR) is 53.6 cm³/mol. The second kappa shape index (κ2) is 4.58. The Bertz CT molecular complexity index is 221. The number of aromatic nitrogens is 1. The average molecular weight is 184 g/mol. The number of hydrogen-bond acceptors (Lipinski definition) is 3. The first kappa shape index (κ1) is 9.68. The summed E-state index contributed by atoms with van der Waals surface area (Å²) in [5.41, 5.74) is 1.28. The highest BCUT2D eigenvalue weighted by Crippen LogP contribution is 2.19. The molecule has 0 aliphatic heterocycles. The van der Waals surface area contributed by atoms with Gasteiger partial charge in [0, 0.05) is 11.4 Å². The maximum absolute atomic E-state index is 4.55. The Morgan fingerprint density at radius 2 is 2.08 bits per heavy atom. The first-order valence-corrected chi connectivity index (χ1v) is 5.25.